The van der Waals surface area contributed by atoms with Crippen LogP contribution in [0.1, 0.15) is 54.5 Å². The summed E-state index contributed by atoms with van der Waals surface area (Å²) >= 11 is 0. The fraction of sp³-hybridized carbons (Fsp3) is 0.579. The number of carbonyl (C=O) groups is 2. The van der Waals surface area contributed by atoms with E-state index in [1.165, 1.54) is 4.68 Å². The molecule has 0 saturated heterocycles. The minimum absolute atomic E-state index is 0.0631. The van der Waals surface area contributed by atoms with Crippen molar-refractivity contribution in [3.05, 3.63) is 29.2 Å². The molecular formula is C19H28N6O4. The number of nitrogens with zero attached hydrogens (tertiary/aromatic N) is 3. The number of nitrogens with one attached hydrogen (secondary N) is 3. The van der Waals surface area contributed by atoms with Gasteiger partial charge in [0.15, 0.2) is 5.82 Å². The van der Waals surface area contributed by atoms with E-state index in [0.717, 1.165) is 18.5 Å². The van der Waals surface area contributed by atoms with Crippen LogP contribution in [0.3, 0.4) is 0 Å². The van der Waals surface area contributed by atoms with Gasteiger partial charge in [0.1, 0.15) is 5.69 Å². The van der Waals surface area contributed by atoms with Crippen LogP contribution in [0.15, 0.2) is 12.1 Å². The summed E-state index contributed by atoms with van der Waals surface area (Å²) < 4.78 is 11.8. The monoisotopic (exact) mass is 404 g/mol. The Labute approximate surface area is 169 Å². The summed E-state index contributed by atoms with van der Waals surface area (Å²) in [6.07, 6.45) is 1.44. The molecule has 158 valence electrons. The Hall–Kier alpha value is -2.88. The predicted molar refractivity (Wildman–Crippen MR) is 106 cm³/mol. The maximum atomic E-state index is 12.5. The lowest BCUT2D eigenvalue weighted by Crippen LogP contribution is -2.34. The SMILES string of the molecule is COCc1cc(C(=O)Nc2cc([C@H]3C[C@H](COC(=O)NC(C)C)C3)[nH]n2)n(C)n1. The number of alkyl carbamates (subject to hydrolysis) is 1. The van der Waals surface area contributed by atoms with Crippen molar-refractivity contribution in [2.45, 2.75) is 45.3 Å². The minimum atomic E-state index is -0.376. The number of anilines is 1. The molecule has 0 spiro atoms. The Morgan fingerprint density at radius 1 is 1.34 bits per heavy atom. The van der Waals surface area contributed by atoms with Crippen LogP contribution in [0.2, 0.25) is 0 Å². The molecule has 1 aliphatic carbocycles. The second kappa shape index (κ2) is 9.08. The number of hydrogen-bond donors (Lipinski definition) is 3. The van der Waals surface area contributed by atoms with Gasteiger partial charge in [-0.2, -0.15) is 10.2 Å². The van der Waals surface area contributed by atoms with Gasteiger partial charge < -0.3 is 20.1 Å². The Morgan fingerprint density at radius 3 is 2.79 bits per heavy atom. The zero-order valence-electron chi connectivity index (χ0n) is 17.2. The van der Waals surface area contributed by atoms with Crippen molar-refractivity contribution in [1.82, 2.24) is 25.3 Å². The van der Waals surface area contributed by atoms with E-state index in [0.29, 0.717) is 42.3 Å². The molecular weight excluding hydrogens is 376 g/mol. The van der Waals surface area contributed by atoms with Crippen molar-refractivity contribution in [1.29, 1.82) is 0 Å². The second-order valence-electron chi connectivity index (χ2n) is 7.67. The van der Waals surface area contributed by atoms with Gasteiger partial charge >= 0.3 is 6.09 Å². The molecule has 0 aromatic carbocycles. The number of methoxy groups -OCH3 is 1. The van der Waals surface area contributed by atoms with Gasteiger partial charge in [0.25, 0.3) is 5.91 Å². The highest BCUT2D eigenvalue weighted by Crippen LogP contribution is 2.41. The fourth-order valence-corrected chi connectivity index (χ4v) is 3.34. The van der Waals surface area contributed by atoms with Crippen LogP contribution in [-0.2, 0) is 23.1 Å². The Balaban J connectivity index is 1.47. The van der Waals surface area contributed by atoms with Crippen LogP contribution < -0.4 is 10.6 Å². The number of rotatable bonds is 8. The highest BCUT2D eigenvalue weighted by molar-refractivity contribution is 6.02. The topological polar surface area (TPSA) is 123 Å². The maximum Gasteiger partial charge on any atom is 0.407 e. The number of ether oxygens (including phenoxy) is 2. The third kappa shape index (κ3) is 5.35. The molecule has 10 heteroatoms. The molecule has 2 aromatic heterocycles. The van der Waals surface area contributed by atoms with Crippen molar-refractivity contribution in [2.24, 2.45) is 13.0 Å². The molecule has 0 unspecified atom stereocenters. The normalized spacial score (nSPS) is 18.4. The second-order valence-corrected chi connectivity index (χ2v) is 7.67. The third-order valence-electron chi connectivity index (χ3n) is 4.83. The van der Waals surface area contributed by atoms with Gasteiger partial charge in [-0.1, -0.05) is 0 Å². The molecule has 1 aliphatic rings. The van der Waals surface area contributed by atoms with E-state index in [9.17, 15) is 9.59 Å². The summed E-state index contributed by atoms with van der Waals surface area (Å²) in [5.41, 5.74) is 2.09. The first kappa shape index (κ1) is 20.8. The lowest BCUT2D eigenvalue weighted by molar-refractivity contribution is 0.0924. The number of aryl methyl sites for hydroxylation is 1. The van der Waals surface area contributed by atoms with Crippen LogP contribution in [-0.4, -0.2) is 51.7 Å². The summed E-state index contributed by atoms with van der Waals surface area (Å²) in [4.78, 5) is 24.0. The standard InChI is InChI=1S/C19H28N6O4/c1-11(2)20-19(27)29-9-12-5-13(6-12)15-8-17(23-22-15)21-18(26)16-7-14(10-28-4)24-25(16)3/h7-8,11-13H,5-6,9-10H2,1-4H3,(H,20,27)(H2,21,22,23,26)/t12-,13-. The summed E-state index contributed by atoms with van der Waals surface area (Å²) in [6.45, 7) is 4.54. The number of aromatic nitrogens is 4. The summed E-state index contributed by atoms with van der Waals surface area (Å²) in [6, 6.07) is 3.60. The molecule has 1 saturated carbocycles. The highest BCUT2D eigenvalue weighted by Gasteiger charge is 2.32. The molecule has 0 aliphatic heterocycles. The third-order valence-corrected chi connectivity index (χ3v) is 4.83. The summed E-state index contributed by atoms with van der Waals surface area (Å²) in [5.74, 6) is 0.847. The number of hydrogen-bond acceptors (Lipinski definition) is 6. The van der Waals surface area contributed by atoms with E-state index in [2.05, 4.69) is 25.9 Å². The van der Waals surface area contributed by atoms with E-state index in [1.54, 1.807) is 20.2 Å². The molecule has 2 heterocycles. The van der Waals surface area contributed by atoms with E-state index in [-0.39, 0.29) is 18.0 Å². The zero-order valence-corrected chi connectivity index (χ0v) is 17.2. The summed E-state index contributed by atoms with van der Waals surface area (Å²) in [7, 11) is 3.29. The first-order valence-electron chi connectivity index (χ1n) is 9.67. The van der Waals surface area contributed by atoms with Gasteiger partial charge in [0.2, 0.25) is 0 Å². The van der Waals surface area contributed by atoms with E-state index < -0.39 is 0 Å². The fourth-order valence-electron chi connectivity index (χ4n) is 3.34. The van der Waals surface area contributed by atoms with Crippen LogP contribution in [0.4, 0.5) is 10.6 Å². The Morgan fingerprint density at radius 2 is 2.10 bits per heavy atom. The Kier molecular flexibility index (Phi) is 6.53. The predicted octanol–water partition coefficient (Wildman–Crippen LogP) is 2.17. The largest absolute Gasteiger partial charge is 0.449 e. The molecule has 0 radical (unpaired) electrons. The number of H-pyrrole nitrogens is 1. The van der Waals surface area contributed by atoms with Crippen molar-refractivity contribution < 1.29 is 19.1 Å². The zero-order chi connectivity index (χ0) is 21.0. The van der Waals surface area contributed by atoms with Gasteiger partial charge in [-0.05, 0) is 38.7 Å². The molecule has 3 rings (SSSR count). The summed E-state index contributed by atoms with van der Waals surface area (Å²) in [5, 5.41) is 16.9. The van der Waals surface area contributed by atoms with Crippen molar-refractivity contribution in [3.63, 3.8) is 0 Å². The lowest BCUT2D eigenvalue weighted by Gasteiger charge is -2.34. The van der Waals surface area contributed by atoms with Crippen LogP contribution in [0.25, 0.3) is 0 Å². The lowest BCUT2D eigenvalue weighted by atomic mass is 9.74. The van der Waals surface area contributed by atoms with Gasteiger partial charge in [-0.15, -0.1) is 0 Å². The molecule has 2 amide bonds. The van der Waals surface area contributed by atoms with Crippen molar-refractivity contribution in [3.8, 4) is 0 Å². The van der Waals surface area contributed by atoms with Gasteiger partial charge in [0, 0.05) is 37.9 Å². The van der Waals surface area contributed by atoms with Gasteiger partial charge in [0.05, 0.1) is 18.9 Å². The molecule has 2 aromatic rings. The Bertz CT molecular complexity index is 853. The average molecular weight is 404 g/mol. The minimum Gasteiger partial charge on any atom is -0.449 e. The van der Waals surface area contributed by atoms with Crippen LogP contribution >= 0.6 is 0 Å². The van der Waals surface area contributed by atoms with E-state index >= 15 is 0 Å². The first-order valence-corrected chi connectivity index (χ1v) is 9.67. The van der Waals surface area contributed by atoms with E-state index in [4.69, 9.17) is 9.47 Å². The number of aromatic amines is 1. The van der Waals surface area contributed by atoms with E-state index in [1.807, 2.05) is 19.9 Å². The van der Waals surface area contributed by atoms with Crippen LogP contribution in [0.5, 0.6) is 0 Å². The van der Waals surface area contributed by atoms with Crippen molar-refractivity contribution in [2.75, 3.05) is 19.0 Å². The number of amides is 2. The highest BCUT2D eigenvalue weighted by atomic mass is 16.5. The first-order chi connectivity index (χ1) is 13.9. The van der Waals surface area contributed by atoms with Crippen molar-refractivity contribution >= 4 is 17.8 Å². The molecule has 29 heavy (non-hydrogen) atoms. The quantitative estimate of drug-likeness (QED) is 0.620. The molecule has 10 nitrogen and oxygen atoms in total. The molecule has 1 fully saturated rings. The smallest absolute Gasteiger partial charge is 0.407 e. The maximum absolute atomic E-state index is 12.5. The average Bonchev–Trinajstić information content (AvgIpc) is 3.20. The van der Waals surface area contributed by atoms with Crippen LogP contribution in [0, 0.1) is 5.92 Å². The van der Waals surface area contributed by atoms with Gasteiger partial charge in [-0.3, -0.25) is 14.6 Å². The molecule has 0 atom stereocenters. The number of carbonyl (C=O) groups excluding carboxylic acids is 2. The molecule has 0 bridgehead atoms. The van der Waals surface area contributed by atoms with Gasteiger partial charge in [-0.25, -0.2) is 4.79 Å². The molecule has 3 N–H and O–H groups in total.